The van der Waals surface area contributed by atoms with Crippen molar-refractivity contribution in [2.24, 2.45) is 10.2 Å². The fourth-order valence-corrected chi connectivity index (χ4v) is 3.32. The predicted octanol–water partition coefficient (Wildman–Crippen LogP) is 4.26. The Morgan fingerprint density at radius 2 is 1.53 bits per heavy atom. The molecular weight excluding hydrogens is 468 g/mol. The molecule has 0 aromatic heterocycles. The third kappa shape index (κ3) is 6.81. The first-order chi connectivity index (χ1) is 17.5. The van der Waals surface area contributed by atoms with Gasteiger partial charge in [-0.15, -0.1) is 5.11 Å². The van der Waals surface area contributed by atoms with Gasteiger partial charge in [0.05, 0.1) is 49.4 Å². The van der Waals surface area contributed by atoms with E-state index in [1.54, 1.807) is 12.1 Å². The number of aliphatic hydroxyl groups excluding tert-OH is 2. The zero-order valence-corrected chi connectivity index (χ0v) is 19.9. The van der Waals surface area contributed by atoms with Gasteiger partial charge in [0.15, 0.2) is 0 Å². The van der Waals surface area contributed by atoms with Crippen LogP contribution in [0.15, 0.2) is 70.9 Å². The van der Waals surface area contributed by atoms with Crippen molar-refractivity contribution in [1.29, 1.82) is 0 Å². The van der Waals surface area contributed by atoms with Crippen molar-refractivity contribution in [2.75, 3.05) is 56.3 Å². The highest BCUT2D eigenvalue weighted by Crippen LogP contribution is 2.39. The van der Waals surface area contributed by atoms with Crippen LogP contribution in [0.4, 0.5) is 34.1 Å². The average molecular weight is 497 g/mol. The average Bonchev–Trinajstić information content (AvgIpc) is 2.91. The van der Waals surface area contributed by atoms with E-state index in [0.717, 1.165) is 11.4 Å². The van der Waals surface area contributed by atoms with Crippen molar-refractivity contribution in [3.63, 3.8) is 0 Å². The fourth-order valence-electron chi connectivity index (χ4n) is 3.32. The van der Waals surface area contributed by atoms with Crippen molar-refractivity contribution in [1.82, 2.24) is 0 Å². The van der Waals surface area contributed by atoms with Gasteiger partial charge in [-0.3, -0.25) is 15.5 Å². The maximum atomic E-state index is 10.8. The second-order valence-electron chi connectivity index (χ2n) is 7.43. The lowest BCUT2D eigenvalue weighted by molar-refractivity contribution is -0.384. The predicted molar refractivity (Wildman–Crippen MR) is 137 cm³/mol. The van der Waals surface area contributed by atoms with Crippen LogP contribution in [-0.4, -0.2) is 55.7 Å². The summed E-state index contributed by atoms with van der Waals surface area (Å²) in [7, 11) is 3.03. The summed E-state index contributed by atoms with van der Waals surface area (Å²) in [6, 6.07) is 16.6. The first-order valence-corrected chi connectivity index (χ1v) is 11.0. The molecular formula is C24H28N6O6. The number of hydrogen-bond donors (Lipinski definition) is 4. The van der Waals surface area contributed by atoms with Crippen LogP contribution in [-0.2, 0) is 0 Å². The molecule has 0 aliphatic heterocycles. The molecule has 0 atom stereocenters. The Labute approximate surface area is 207 Å². The second-order valence-corrected chi connectivity index (χ2v) is 7.43. The second kappa shape index (κ2) is 12.9. The molecule has 0 bridgehead atoms. The molecule has 0 aliphatic carbocycles. The van der Waals surface area contributed by atoms with Crippen LogP contribution in [0.25, 0.3) is 0 Å². The minimum atomic E-state index is -0.480. The summed E-state index contributed by atoms with van der Waals surface area (Å²) in [5.74, 6) is 0.916. The lowest BCUT2D eigenvalue weighted by Crippen LogP contribution is -2.29. The highest BCUT2D eigenvalue weighted by molar-refractivity contribution is 5.70. The first-order valence-electron chi connectivity index (χ1n) is 11.0. The molecule has 4 N–H and O–H groups in total. The van der Waals surface area contributed by atoms with Crippen LogP contribution in [0.1, 0.15) is 0 Å². The van der Waals surface area contributed by atoms with E-state index in [2.05, 4.69) is 21.1 Å². The fraction of sp³-hybridized carbons (Fsp3) is 0.250. The van der Waals surface area contributed by atoms with E-state index in [-0.39, 0.29) is 18.9 Å². The van der Waals surface area contributed by atoms with Crippen LogP contribution >= 0.6 is 0 Å². The van der Waals surface area contributed by atoms with Gasteiger partial charge in [-0.2, -0.15) is 5.11 Å². The highest BCUT2D eigenvalue weighted by Gasteiger charge is 2.12. The van der Waals surface area contributed by atoms with Gasteiger partial charge in [-0.1, -0.05) is 0 Å². The van der Waals surface area contributed by atoms with E-state index < -0.39 is 4.92 Å². The third-order valence-corrected chi connectivity index (χ3v) is 5.15. The number of hydrazine groups is 1. The van der Waals surface area contributed by atoms with Gasteiger partial charge in [0.25, 0.3) is 5.69 Å². The number of benzene rings is 3. The normalized spacial score (nSPS) is 10.8. The summed E-state index contributed by atoms with van der Waals surface area (Å²) >= 11 is 0. The summed E-state index contributed by atoms with van der Waals surface area (Å²) in [5, 5.41) is 37.6. The van der Waals surface area contributed by atoms with Crippen molar-refractivity contribution in [3.8, 4) is 11.5 Å². The smallest absolute Gasteiger partial charge is 0.269 e. The Balaban J connectivity index is 1.73. The van der Waals surface area contributed by atoms with E-state index in [1.165, 1.54) is 38.5 Å². The quantitative estimate of drug-likeness (QED) is 0.154. The van der Waals surface area contributed by atoms with Crippen LogP contribution in [0.3, 0.4) is 0 Å². The molecule has 0 unspecified atom stereocenters. The number of nitro benzene ring substituents is 1. The number of methoxy groups -OCH3 is 2. The molecule has 3 rings (SSSR count). The molecule has 0 amide bonds. The Morgan fingerprint density at radius 1 is 0.889 bits per heavy atom. The topological polar surface area (TPSA) is 154 Å². The largest absolute Gasteiger partial charge is 0.494 e. The molecule has 12 heteroatoms. The standard InChI is InChI=1S/C24H28N6O6/c1-35-23-16-22(28-26-18-5-9-20(10-6-18)30(33)34)24(36-2)15-21(23)27-25-17-3-7-19(8-4-17)29(11-13-31)12-14-32/h3-10,15-16,25,27,31-32H,11-14H2,1-2H3/b28-26+. The number of nitrogens with zero attached hydrogens (tertiary/aromatic N) is 4. The number of rotatable bonds is 13. The van der Waals surface area contributed by atoms with Crippen molar-refractivity contribution < 1.29 is 24.6 Å². The van der Waals surface area contributed by atoms with Gasteiger partial charge < -0.3 is 30.0 Å². The van der Waals surface area contributed by atoms with Gasteiger partial charge >= 0.3 is 0 Å². The summed E-state index contributed by atoms with van der Waals surface area (Å²) in [4.78, 5) is 12.2. The molecule has 3 aromatic carbocycles. The van der Waals surface area contributed by atoms with E-state index in [1.807, 2.05) is 29.2 Å². The first kappa shape index (κ1) is 26.2. The number of aliphatic hydroxyl groups is 2. The van der Waals surface area contributed by atoms with E-state index in [0.29, 0.717) is 41.7 Å². The Bertz CT molecular complexity index is 1160. The monoisotopic (exact) mass is 496 g/mol. The molecule has 0 heterocycles. The molecule has 0 saturated heterocycles. The molecule has 0 fully saturated rings. The van der Waals surface area contributed by atoms with E-state index >= 15 is 0 Å². The summed E-state index contributed by atoms with van der Waals surface area (Å²) < 4.78 is 10.9. The van der Waals surface area contributed by atoms with Crippen LogP contribution in [0, 0.1) is 10.1 Å². The van der Waals surface area contributed by atoms with E-state index in [4.69, 9.17) is 9.47 Å². The molecule has 36 heavy (non-hydrogen) atoms. The van der Waals surface area contributed by atoms with Crippen molar-refractivity contribution >= 4 is 34.1 Å². The van der Waals surface area contributed by atoms with Gasteiger partial charge in [-0.25, -0.2) is 0 Å². The molecule has 0 radical (unpaired) electrons. The van der Waals surface area contributed by atoms with E-state index in [9.17, 15) is 20.3 Å². The number of hydrogen-bond acceptors (Lipinski definition) is 11. The molecule has 3 aromatic rings. The highest BCUT2D eigenvalue weighted by atomic mass is 16.6. The number of ether oxygens (including phenoxy) is 2. The summed E-state index contributed by atoms with van der Waals surface area (Å²) in [5.41, 5.74) is 9.26. The van der Waals surface area contributed by atoms with Gasteiger partial charge in [0.1, 0.15) is 17.2 Å². The van der Waals surface area contributed by atoms with Crippen LogP contribution < -0.4 is 25.2 Å². The third-order valence-electron chi connectivity index (χ3n) is 5.15. The van der Waals surface area contributed by atoms with Gasteiger partial charge in [-0.05, 0) is 36.4 Å². The van der Waals surface area contributed by atoms with Crippen LogP contribution in [0.5, 0.6) is 11.5 Å². The van der Waals surface area contributed by atoms with Gasteiger partial charge in [0.2, 0.25) is 0 Å². The SMILES string of the molecule is COc1cc(NNc2ccc(N(CCO)CCO)cc2)c(OC)cc1/N=N/c1ccc([N+](=O)[O-])cc1. The van der Waals surface area contributed by atoms with Gasteiger partial charge in [0, 0.05) is 43.0 Å². The number of nitro groups is 1. The maximum Gasteiger partial charge on any atom is 0.269 e. The summed E-state index contributed by atoms with van der Waals surface area (Å²) in [6.07, 6.45) is 0. The number of azo groups is 1. The molecule has 12 nitrogen and oxygen atoms in total. The Hall–Kier alpha value is -4.42. The zero-order chi connectivity index (χ0) is 25.9. The maximum absolute atomic E-state index is 10.8. The number of nitrogens with one attached hydrogen (secondary N) is 2. The minimum absolute atomic E-state index is 0.00732. The van der Waals surface area contributed by atoms with Crippen molar-refractivity contribution in [3.05, 3.63) is 70.8 Å². The minimum Gasteiger partial charge on any atom is -0.494 e. The Morgan fingerprint density at radius 3 is 2.08 bits per heavy atom. The molecule has 190 valence electrons. The lowest BCUT2D eigenvalue weighted by atomic mass is 10.2. The number of anilines is 3. The zero-order valence-electron chi connectivity index (χ0n) is 19.9. The van der Waals surface area contributed by atoms with Crippen LogP contribution in [0.2, 0.25) is 0 Å². The lowest BCUT2D eigenvalue weighted by Gasteiger charge is -2.23. The number of non-ortho nitro benzene ring substituents is 1. The summed E-state index contributed by atoms with van der Waals surface area (Å²) in [6.45, 7) is 0.839. The molecule has 0 aliphatic rings. The molecule has 0 saturated carbocycles. The van der Waals surface area contributed by atoms with Crippen molar-refractivity contribution in [2.45, 2.75) is 0 Å². The Kier molecular flexibility index (Phi) is 9.37. The molecule has 0 spiro atoms.